The Kier molecular flexibility index (Phi) is 8.09. The number of aryl methyl sites for hydroxylation is 1. The zero-order chi connectivity index (χ0) is 20.7. The van der Waals surface area contributed by atoms with Gasteiger partial charge >= 0.3 is 0 Å². The minimum Gasteiger partial charge on any atom is -0.493 e. The van der Waals surface area contributed by atoms with Gasteiger partial charge in [-0.25, -0.2) is 0 Å². The Morgan fingerprint density at radius 3 is 2.61 bits per heavy atom. The molecule has 1 aromatic carbocycles. The first-order chi connectivity index (χ1) is 13.3. The second kappa shape index (κ2) is 10.1. The molecule has 1 aromatic rings. The molecule has 1 heterocycles. The third-order valence-corrected chi connectivity index (χ3v) is 6.84. The second-order valence-corrected chi connectivity index (χ2v) is 9.21. The topological polar surface area (TPSA) is 88.2 Å². The summed E-state index contributed by atoms with van der Waals surface area (Å²) in [5, 5.41) is 2.95. The number of ether oxygens (including phenoxy) is 2. The van der Waals surface area contributed by atoms with E-state index in [9.17, 15) is 13.2 Å². The summed E-state index contributed by atoms with van der Waals surface area (Å²) in [5.41, 5.74) is 1.10. The van der Waals surface area contributed by atoms with Crippen molar-refractivity contribution in [3.05, 3.63) is 23.8 Å². The molecule has 0 saturated carbocycles. The molecule has 9 heteroatoms. The molecule has 0 aliphatic carbocycles. The zero-order valence-corrected chi connectivity index (χ0v) is 17.9. The van der Waals surface area contributed by atoms with E-state index >= 15 is 0 Å². The van der Waals surface area contributed by atoms with Crippen LogP contribution in [0.3, 0.4) is 0 Å². The average Bonchev–Trinajstić information content (AvgIpc) is 2.70. The summed E-state index contributed by atoms with van der Waals surface area (Å²) in [6.07, 6.45) is 2.98. The highest BCUT2D eigenvalue weighted by atomic mass is 32.2. The molecule has 1 atom stereocenters. The predicted octanol–water partition coefficient (Wildman–Crippen LogP) is 1.27. The van der Waals surface area contributed by atoms with E-state index in [2.05, 4.69) is 5.32 Å². The van der Waals surface area contributed by atoms with Crippen molar-refractivity contribution in [3.63, 3.8) is 0 Å². The van der Waals surface area contributed by atoms with Crippen LogP contribution in [0.2, 0.25) is 0 Å². The Labute approximate surface area is 168 Å². The average molecular weight is 414 g/mol. The Hall–Kier alpha value is -1.84. The standard InChI is InChI=1S/C19H31N3O5S/c1-21(2)28(24,25)22-12-6-8-16(14-22)19(23)20-11-5-7-15-9-10-17(26-3)18(13-15)27-4/h9-10,13,16H,5-8,11-12,14H2,1-4H3,(H,20,23). The summed E-state index contributed by atoms with van der Waals surface area (Å²) in [4.78, 5) is 12.5. The number of nitrogens with zero attached hydrogens (tertiary/aromatic N) is 2. The summed E-state index contributed by atoms with van der Waals surface area (Å²) in [5.74, 6) is 0.998. The number of piperidine rings is 1. The van der Waals surface area contributed by atoms with Gasteiger partial charge in [0.1, 0.15) is 0 Å². The van der Waals surface area contributed by atoms with Crippen LogP contribution in [-0.4, -0.2) is 70.9 Å². The lowest BCUT2D eigenvalue weighted by molar-refractivity contribution is -0.126. The lowest BCUT2D eigenvalue weighted by atomic mass is 9.99. The van der Waals surface area contributed by atoms with Gasteiger partial charge in [0.25, 0.3) is 10.2 Å². The molecule has 2 rings (SSSR count). The van der Waals surface area contributed by atoms with Crippen LogP contribution in [0.4, 0.5) is 0 Å². The molecule has 0 radical (unpaired) electrons. The van der Waals surface area contributed by atoms with Crippen LogP contribution < -0.4 is 14.8 Å². The Morgan fingerprint density at radius 2 is 1.96 bits per heavy atom. The van der Waals surface area contributed by atoms with Gasteiger partial charge in [-0.3, -0.25) is 4.79 Å². The molecule has 1 amide bonds. The highest BCUT2D eigenvalue weighted by Crippen LogP contribution is 2.28. The van der Waals surface area contributed by atoms with Gasteiger partial charge in [-0.2, -0.15) is 17.0 Å². The molecule has 0 aromatic heterocycles. The molecule has 0 spiro atoms. The van der Waals surface area contributed by atoms with Crippen molar-refractivity contribution in [1.29, 1.82) is 0 Å². The SMILES string of the molecule is COc1ccc(CCCNC(=O)C2CCCN(S(=O)(=O)N(C)C)C2)cc1OC. The third-order valence-electron chi connectivity index (χ3n) is 4.93. The van der Waals surface area contributed by atoms with E-state index < -0.39 is 10.2 Å². The van der Waals surface area contributed by atoms with Gasteiger partial charge in [-0.15, -0.1) is 0 Å². The normalized spacial score (nSPS) is 18.1. The van der Waals surface area contributed by atoms with E-state index in [0.29, 0.717) is 37.4 Å². The molecule has 1 saturated heterocycles. The molecule has 0 bridgehead atoms. The van der Waals surface area contributed by atoms with E-state index in [4.69, 9.17) is 9.47 Å². The van der Waals surface area contributed by atoms with E-state index in [1.807, 2.05) is 18.2 Å². The number of hydrogen-bond acceptors (Lipinski definition) is 5. The summed E-state index contributed by atoms with van der Waals surface area (Å²) in [6, 6.07) is 5.79. The summed E-state index contributed by atoms with van der Waals surface area (Å²) in [7, 11) is 2.74. The van der Waals surface area contributed by atoms with Crippen molar-refractivity contribution in [1.82, 2.24) is 13.9 Å². The smallest absolute Gasteiger partial charge is 0.281 e. The molecule has 1 fully saturated rings. The van der Waals surface area contributed by atoms with Crippen LogP contribution in [0.1, 0.15) is 24.8 Å². The first-order valence-electron chi connectivity index (χ1n) is 9.45. The minimum atomic E-state index is -3.48. The number of benzene rings is 1. The van der Waals surface area contributed by atoms with Crippen molar-refractivity contribution in [3.8, 4) is 11.5 Å². The summed E-state index contributed by atoms with van der Waals surface area (Å²) in [6.45, 7) is 1.25. The van der Waals surface area contributed by atoms with Crippen LogP contribution in [-0.2, 0) is 21.4 Å². The number of hydrogen-bond donors (Lipinski definition) is 1. The highest BCUT2D eigenvalue weighted by Gasteiger charge is 2.33. The molecule has 158 valence electrons. The number of methoxy groups -OCH3 is 2. The van der Waals surface area contributed by atoms with Crippen molar-refractivity contribution >= 4 is 16.1 Å². The molecular weight excluding hydrogens is 382 g/mol. The van der Waals surface area contributed by atoms with Crippen LogP contribution in [0.15, 0.2) is 18.2 Å². The van der Waals surface area contributed by atoms with Crippen molar-refractivity contribution < 1.29 is 22.7 Å². The largest absolute Gasteiger partial charge is 0.493 e. The van der Waals surface area contributed by atoms with Gasteiger partial charge in [0, 0.05) is 33.7 Å². The van der Waals surface area contributed by atoms with Gasteiger partial charge in [-0.05, 0) is 43.4 Å². The predicted molar refractivity (Wildman–Crippen MR) is 108 cm³/mol. The van der Waals surface area contributed by atoms with Crippen LogP contribution >= 0.6 is 0 Å². The van der Waals surface area contributed by atoms with Gasteiger partial charge in [0.05, 0.1) is 20.1 Å². The molecule has 1 unspecified atom stereocenters. The number of carbonyl (C=O) groups excluding carboxylic acids is 1. The van der Waals surface area contributed by atoms with Crippen molar-refractivity contribution in [2.24, 2.45) is 5.92 Å². The summed E-state index contributed by atoms with van der Waals surface area (Å²) < 4.78 is 37.7. The zero-order valence-electron chi connectivity index (χ0n) is 17.1. The lowest BCUT2D eigenvalue weighted by Crippen LogP contribution is -2.48. The van der Waals surface area contributed by atoms with Crippen LogP contribution in [0, 0.1) is 5.92 Å². The molecular formula is C19H31N3O5S. The molecule has 1 aliphatic heterocycles. The fourth-order valence-electron chi connectivity index (χ4n) is 3.28. The maximum Gasteiger partial charge on any atom is 0.281 e. The molecule has 1 aliphatic rings. The monoisotopic (exact) mass is 413 g/mol. The minimum absolute atomic E-state index is 0.0778. The van der Waals surface area contributed by atoms with E-state index in [0.717, 1.165) is 18.4 Å². The number of rotatable bonds is 9. The molecule has 8 nitrogen and oxygen atoms in total. The number of carbonyl (C=O) groups is 1. The maximum atomic E-state index is 12.5. The van der Waals surface area contributed by atoms with Crippen LogP contribution in [0.25, 0.3) is 0 Å². The van der Waals surface area contributed by atoms with Gasteiger partial charge < -0.3 is 14.8 Å². The summed E-state index contributed by atoms with van der Waals surface area (Å²) >= 11 is 0. The first-order valence-corrected chi connectivity index (χ1v) is 10.9. The van der Waals surface area contributed by atoms with Gasteiger partial charge in [0.2, 0.25) is 5.91 Å². The Morgan fingerprint density at radius 1 is 1.25 bits per heavy atom. The lowest BCUT2D eigenvalue weighted by Gasteiger charge is -2.32. The fraction of sp³-hybridized carbons (Fsp3) is 0.632. The quantitative estimate of drug-likeness (QED) is 0.616. The Bertz CT molecular complexity index is 767. The van der Waals surface area contributed by atoms with Crippen molar-refractivity contribution in [2.45, 2.75) is 25.7 Å². The fourth-order valence-corrected chi connectivity index (χ4v) is 4.47. The maximum absolute atomic E-state index is 12.5. The van der Waals surface area contributed by atoms with E-state index in [1.165, 1.54) is 22.7 Å². The van der Waals surface area contributed by atoms with Crippen LogP contribution in [0.5, 0.6) is 11.5 Å². The van der Waals surface area contributed by atoms with E-state index in [1.54, 1.807) is 14.2 Å². The molecule has 28 heavy (non-hydrogen) atoms. The number of nitrogens with one attached hydrogen (secondary N) is 1. The van der Waals surface area contributed by atoms with Gasteiger partial charge in [0.15, 0.2) is 11.5 Å². The Balaban J connectivity index is 1.81. The van der Waals surface area contributed by atoms with E-state index in [-0.39, 0.29) is 18.4 Å². The second-order valence-electron chi connectivity index (χ2n) is 7.07. The first kappa shape index (κ1) is 22.4. The molecule has 1 N–H and O–H groups in total. The highest BCUT2D eigenvalue weighted by molar-refractivity contribution is 7.86. The third kappa shape index (κ3) is 5.59. The van der Waals surface area contributed by atoms with Crippen molar-refractivity contribution in [2.75, 3.05) is 47.9 Å². The van der Waals surface area contributed by atoms with Gasteiger partial charge in [-0.1, -0.05) is 6.07 Å². The number of amides is 1.